The zero-order valence-electron chi connectivity index (χ0n) is 8.48. The molecule has 0 saturated heterocycles. The Morgan fingerprint density at radius 1 is 1.33 bits per heavy atom. The Labute approximate surface area is 75.4 Å². The monoisotopic (exact) mass is 171 g/mol. The van der Waals surface area contributed by atoms with E-state index in [2.05, 4.69) is 26.1 Å². The summed E-state index contributed by atoms with van der Waals surface area (Å²) in [5, 5.41) is 12.7. The van der Waals surface area contributed by atoms with Crippen molar-refractivity contribution in [3.63, 3.8) is 0 Å². The average molecular weight is 171 g/mol. The number of likely N-dealkylation sites (N-methyl/N-ethyl adjacent to an activating group) is 1. The molecule has 2 heteroatoms. The highest BCUT2D eigenvalue weighted by molar-refractivity contribution is 4.99. The van der Waals surface area contributed by atoms with Crippen molar-refractivity contribution in [3.05, 3.63) is 0 Å². The summed E-state index contributed by atoms with van der Waals surface area (Å²) in [7, 11) is 0. The van der Waals surface area contributed by atoms with Crippen molar-refractivity contribution in [3.8, 4) is 0 Å². The lowest BCUT2D eigenvalue weighted by Crippen LogP contribution is -2.46. The van der Waals surface area contributed by atoms with Crippen molar-refractivity contribution >= 4 is 0 Å². The van der Waals surface area contributed by atoms with E-state index in [0.717, 1.165) is 19.4 Å². The molecule has 2 nitrogen and oxygen atoms in total. The quantitative estimate of drug-likeness (QED) is 0.675. The first kappa shape index (κ1) is 10.0. The molecule has 0 aromatic carbocycles. The third-order valence-electron chi connectivity index (χ3n) is 2.95. The molecule has 72 valence electrons. The van der Waals surface area contributed by atoms with Crippen molar-refractivity contribution in [2.45, 2.75) is 45.6 Å². The van der Waals surface area contributed by atoms with Gasteiger partial charge in [-0.25, -0.2) is 0 Å². The molecule has 2 N–H and O–H groups in total. The standard InChI is InChI=1S/C10H21NO/c1-4-11-10(8-12)6-5-9(2,3)7-10/h11-12H,4-8H2,1-3H3. The number of hydrogen-bond acceptors (Lipinski definition) is 2. The molecule has 0 bridgehead atoms. The molecule has 0 aliphatic heterocycles. The summed E-state index contributed by atoms with van der Waals surface area (Å²) in [5.74, 6) is 0. The van der Waals surface area contributed by atoms with Gasteiger partial charge in [0.25, 0.3) is 0 Å². The Balaban J connectivity index is 2.59. The van der Waals surface area contributed by atoms with E-state index in [-0.39, 0.29) is 12.1 Å². The molecule has 0 spiro atoms. The third kappa shape index (κ3) is 1.99. The summed E-state index contributed by atoms with van der Waals surface area (Å²) in [6, 6.07) is 0. The maximum absolute atomic E-state index is 9.32. The first-order valence-electron chi connectivity index (χ1n) is 4.89. The van der Waals surface area contributed by atoms with Crippen LogP contribution < -0.4 is 5.32 Å². The second kappa shape index (κ2) is 3.35. The molecule has 1 rings (SSSR count). The molecule has 0 amide bonds. The minimum absolute atomic E-state index is 0.0260. The predicted octanol–water partition coefficient (Wildman–Crippen LogP) is 1.54. The van der Waals surface area contributed by atoms with Crippen molar-refractivity contribution in [1.82, 2.24) is 5.32 Å². The molecule has 1 fully saturated rings. The van der Waals surface area contributed by atoms with Gasteiger partial charge in [-0.05, 0) is 31.2 Å². The van der Waals surface area contributed by atoms with E-state index >= 15 is 0 Å². The second-order valence-corrected chi connectivity index (χ2v) is 4.81. The average Bonchev–Trinajstić information content (AvgIpc) is 2.29. The van der Waals surface area contributed by atoms with Crippen LogP contribution in [0.1, 0.15) is 40.0 Å². The Morgan fingerprint density at radius 3 is 2.33 bits per heavy atom. The van der Waals surface area contributed by atoms with Crippen LogP contribution in [-0.2, 0) is 0 Å². The lowest BCUT2D eigenvalue weighted by Gasteiger charge is -2.29. The van der Waals surface area contributed by atoms with Gasteiger partial charge in [-0.2, -0.15) is 0 Å². The highest BCUT2D eigenvalue weighted by Gasteiger charge is 2.41. The fourth-order valence-corrected chi connectivity index (χ4v) is 2.39. The lowest BCUT2D eigenvalue weighted by atomic mass is 9.88. The normalized spacial score (nSPS) is 34.0. The summed E-state index contributed by atoms with van der Waals surface area (Å²) in [5.41, 5.74) is 0.434. The maximum atomic E-state index is 9.32. The summed E-state index contributed by atoms with van der Waals surface area (Å²) in [4.78, 5) is 0. The molecule has 1 aliphatic carbocycles. The highest BCUT2D eigenvalue weighted by Crippen LogP contribution is 2.43. The van der Waals surface area contributed by atoms with Crippen LogP contribution >= 0.6 is 0 Å². The summed E-state index contributed by atoms with van der Waals surface area (Å²) >= 11 is 0. The Kier molecular flexibility index (Phi) is 2.79. The molecule has 0 heterocycles. The van der Waals surface area contributed by atoms with Gasteiger partial charge in [-0.1, -0.05) is 20.8 Å². The second-order valence-electron chi connectivity index (χ2n) is 4.81. The van der Waals surface area contributed by atoms with Gasteiger partial charge < -0.3 is 10.4 Å². The fourth-order valence-electron chi connectivity index (χ4n) is 2.39. The van der Waals surface area contributed by atoms with E-state index in [1.54, 1.807) is 0 Å². The molecule has 1 aliphatic rings. The SMILES string of the molecule is CCNC1(CO)CCC(C)(C)C1. The molecule has 12 heavy (non-hydrogen) atoms. The van der Waals surface area contributed by atoms with Gasteiger partial charge in [0.2, 0.25) is 0 Å². The van der Waals surface area contributed by atoms with Crippen LogP contribution in [0.2, 0.25) is 0 Å². The molecular formula is C10H21NO. The largest absolute Gasteiger partial charge is 0.394 e. The van der Waals surface area contributed by atoms with E-state index in [9.17, 15) is 5.11 Å². The van der Waals surface area contributed by atoms with Crippen molar-refractivity contribution in [1.29, 1.82) is 0 Å². The van der Waals surface area contributed by atoms with Gasteiger partial charge >= 0.3 is 0 Å². The van der Waals surface area contributed by atoms with Gasteiger partial charge in [-0.3, -0.25) is 0 Å². The highest BCUT2D eigenvalue weighted by atomic mass is 16.3. The molecular weight excluding hydrogens is 150 g/mol. The minimum Gasteiger partial charge on any atom is -0.394 e. The van der Waals surface area contributed by atoms with Crippen LogP contribution in [0.5, 0.6) is 0 Å². The zero-order valence-corrected chi connectivity index (χ0v) is 8.48. The van der Waals surface area contributed by atoms with Gasteiger partial charge in [0.15, 0.2) is 0 Å². The summed E-state index contributed by atoms with van der Waals surface area (Å²) < 4.78 is 0. The molecule has 1 unspecified atom stereocenters. The van der Waals surface area contributed by atoms with Gasteiger partial charge in [0.1, 0.15) is 0 Å². The van der Waals surface area contributed by atoms with E-state index in [1.807, 2.05) is 0 Å². The first-order chi connectivity index (χ1) is 5.54. The maximum Gasteiger partial charge on any atom is 0.0613 e. The molecule has 0 radical (unpaired) electrons. The van der Waals surface area contributed by atoms with Crippen LogP contribution in [0.15, 0.2) is 0 Å². The smallest absolute Gasteiger partial charge is 0.0613 e. The number of aliphatic hydroxyl groups excluding tert-OH is 1. The van der Waals surface area contributed by atoms with Crippen molar-refractivity contribution < 1.29 is 5.11 Å². The molecule has 1 saturated carbocycles. The van der Waals surface area contributed by atoms with Gasteiger partial charge in [0.05, 0.1) is 6.61 Å². The first-order valence-corrected chi connectivity index (χ1v) is 4.89. The van der Waals surface area contributed by atoms with Gasteiger partial charge in [-0.15, -0.1) is 0 Å². The van der Waals surface area contributed by atoms with E-state index in [4.69, 9.17) is 0 Å². The number of rotatable bonds is 3. The number of nitrogens with one attached hydrogen (secondary N) is 1. The Morgan fingerprint density at radius 2 is 2.00 bits per heavy atom. The van der Waals surface area contributed by atoms with Crippen molar-refractivity contribution in [2.75, 3.05) is 13.2 Å². The summed E-state index contributed by atoms with van der Waals surface area (Å²) in [6.45, 7) is 7.90. The third-order valence-corrected chi connectivity index (χ3v) is 2.95. The lowest BCUT2D eigenvalue weighted by molar-refractivity contribution is 0.155. The molecule has 1 atom stereocenters. The van der Waals surface area contributed by atoms with E-state index in [0.29, 0.717) is 5.41 Å². The van der Waals surface area contributed by atoms with Crippen LogP contribution in [0.4, 0.5) is 0 Å². The van der Waals surface area contributed by atoms with Crippen molar-refractivity contribution in [2.24, 2.45) is 5.41 Å². The number of hydrogen-bond donors (Lipinski definition) is 2. The van der Waals surface area contributed by atoms with Crippen LogP contribution in [0.3, 0.4) is 0 Å². The molecule has 0 aromatic rings. The van der Waals surface area contributed by atoms with E-state index < -0.39 is 0 Å². The van der Waals surface area contributed by atoms with Crippen LogP contribution in [0, 0.1) is 5.41 Å². The minimum atomic E-state index is 0.0260. The van der Waals surface area contributed by atoms with E-state index in [1.165, 1.54) is 6.42 Å². The topological polar surface area (TPSA) is 32.3 Å². The number of aliphatic hydroxyl groups is 1. The Bertz CT molecular complexity index is 156. The zero-order chi connectivity index (χ0) is 9.24. The van der Waals surface area contributed by atoms with Crippen LogP contribution in [-0.4, -0.2) is 23.8 Å². The predicted molar refractivity (Wildman–Crippen MR) is 51.1 cm³/mol. The fraction of sp³-hybridized carbons (Fsp3) is 1.00. The van der Waals surface area contributed by atoms with Gasteiger partial charge in [0, 0.05) is 5.54 Å². The molecule has 0 aromatic heterocycles. The van der Waals surface area contributed by atoms with Crippen LogP contribution in [0.25, 0.3) is 0 Å². The Hall–Kier alpha value is -0.0800. The summed E-state index contributed by atoms with van der Waals surface area (Å²) in [6.07, 6.45) is 3.44.